The van der Waals surface area contributed by atoms with E-state index in [0.717, 1.165) is 17.9 Å². The zero-order valence-electron chi connectivity index (χ0n) is 9.29. The number of hydrogen-bond donors (Lipinski definition) is 1. The molecular formula is C11H18N2O. The van der Waals surface area contributed by atoms with Crippen molar-refractivity contribution in [2.75, 3.05) is 7.05 Å². The summed E-state index contributed by atoms with van der Waals surface area (Å²) in [5.74, 6) is 1.87. The maximum absolute atomic E-state index is 7.82. The topological polar surface area (TPSA) is 40.2 Å². The third kappa shape index (κ3) is 2.37. The Morgan fingerprint density at radius 2 is 2.21 bits per heavy atom. The Labute approximate surface area is 85.2 Å². The highest BCUT2D eigenvalue weighted by atomic mass is 16.3. The summed E-state index contributed by atoms with van der Waals surface area (Å²) in [4.78, 5) is 1.95. The molecule has 14 heavy (non-hydrogen) atoms. The van der Waals surface area contributed by atoms with Gasteiger partial charge in [0.15, 0.2) is 0 Å². The minimum absolute atomic E-state index is 0.271. The highest BCUT2D eigenvalue weighted by Crippen LogP contribution is 2.12. The van der Waals surface area contributed by atoms with Gasteiger partial charge in [-0.25, -0.2) is 0 Å². The van der Waals surface area contributed by atoms with Crippen molar-refractivity contribution in [2.45, 2.75) is 27.3 Å². The Kier molecular flexibility index (Phi) is 3.33. The summed E-state index contributed by atoms with van der Waals surface area (Å²) in [6.07, 6.45) is 1.69. The summed E-state index contributed by atoms with van der Waals surface area (Å²) >= 11 is 0. The van der Waals surface area contributed by atoms with E-state index in [1.165, 1.54) is 0 Å². The molecule has 0 radical (unpaired) electrons. The molecule has 1 aromatic heterocycles. The number of aryl methyl sites for hydroxylation is 1. The number of furan rings is 1. The molecule has 1 rings (SSSR count). The SMILES string of the molecule is Cc1occc1CN(C)C(=N)C(C)C. The molecular weight excluding hydrogens is 176 g/mol. The molecule has 0 aliphatic heterocycles. The van der Waals surface area contributed by atoms with Gasteiger partial charge in [0.25, 0.3) is 0 Å². The van der Waals surface area contributed by atoms with Gasteiger partial charge < -0.3 is 9.32 Å². The van der Waals surface area contributed by atoms with E-state index in [4.69, 9.17) is 9.83 Å². The van der Waals surface area contributed by atoms with Crippen molar-refractivity contribution in [2.24, 2.45) is 5.92 Å². The van der Waals surface area contributed by atoms with Crippen molar-refractivity contribution in [3.8, 4) is 0 Å². The molecule has 0 aliphatic rings. The van der Waals surface area contributed by atoms with Crippen LogP contribution in [-0.2, 0) is 6.54 Å². The van der Waals surface area contributed by atoms with E-state index < -0.39 is 0 Å². The van der Waals surface area contributed by atoms with Crippen LogP contribution in [0.4, 0.5) is 0 Å². The quantitative estimate of drug-likeness (QED) is 0.593. The highest BCUT2D eigenvalue weighted by Gasteiger charge is 2.11. The summed E-state index contributed by atoms with van der Waals surface area (Å²) in [5.41, 5.74) is 1.15. The van der Waals surface area contributed by atoms with E-state index in [9.17, 15) is 0 Å². The Morgan fingerprint density at radius 3 is 2.64 bits per heavy atom. The maximum atomic E-state index is 7.82. The first-order chi connectivity index (χ1) is 6.52. The van der Waals surface area contributed by atoms with Crippen LogP contribution in [0.25, 0.3) is 0 Å². The monoisotopic (exact) mass is 194 g/mol. The number of amidine groups is 1. The molecule has 0 saturated heterocycles. The number of nitrogens with one attached hydrogen (secondary N) is 1. The molecule has 1 N–H and O–H groups in total. The van der Waals surface area contributed by atoms with Crippen molar-refractivity contribution in [1.29, 1.82) is 5.41 Å². The minimum Gasteiger partial charge on any atom is -0.469 e. The van der Waals surface area contributed by atoms with Gasteiger partial charge in [-0.05, 0) is 13.0 Å². The molecule has 0 spiro atoms. The van der Waals surface area contributed by atoms with Crippen LogP contribution in [0.1, 0.15) is 25.2 Å². The standard InChI is InChI=1S/C11H18N2O/c1-8(2)11(12)13(4)7-10-5-6-14-9(10)3/h5-6,8,12H,7H2,1-4H3. The van der Waals surface area contributed by atoms with Gasteiger partial charge in [0, 0.05) is 25.1 Å². The molecule has 0 saturated carbocycles. The van der Waals surface area contributed by atoms with Crippen molar-refractivity contribution >= 4 is 5.84 Å². The lowest BCUT2D eigenvalue weighted by Gasteiger charge is -2.22. The lowest BCUT2D eigenvalue weighted by Crippen LogP contribution is -2.29. The van der Waals surface area contributed by atoms with Gasteiger partial charge in [-0.3, -0.25) is 5.41 Å². The Morgan fingerprint density at radius 1 is 1.57 bits per heavy atom. The molecule has 0 bridgehead atoms. The van der Waals surface area contributed by atoms with E-state index >= 15 is 0 Å². The predicted octanol–water partition coefficient (Wildman–Crippen LogP) is 2.65. The normalized spacial score (nSPS) is 10.6. The van der Waals surface area contributed by atoms with Crippen LogP contribution in [0.3, 0.4) is 0 Å². The zero-order chi connectivity index (χ0) is 10.7. The molecule has 3 heteroatoms. The molecule has 0 fully saturated rings. The lowest BCUT2D eigenvalue weighted by atomic mass is 10.1. The molecule has 0 amide bonds. The first-order valence-electron chi connectivity index (χ1n) is 4.85. The smallest absolute Gasteiger partial charge is 0.105 e. The summed E-state index contributed by atoms with van der Waals surface area (Å²) in [7, 11) is 1.94. The first kappa shape index (κ1) is 10.8. The average molecular weight is 194 g/mol. The van der Waals surface area contributed by atoms with Crippen LogP contribution >= 0.6 is 0 Å². The molecule has 0 aliphatic carbocycles. The van der Waals surface area contributed by atoms with Gasteiger partial charge in [-0.15, -0.1) is 0 Å². The predicted molar refractivity (Wildman–Crippen MR) is 57.5 cm³/mol. The fourth-order valence-electron chi connectivity index (χ4n) is 1.36. The van der Waals surface area contributed by atoms with E-state index in [1.54, 1.807) is 6.26 Å². The van der Waals surface area contributed by atoms with Gasteiger partial charge in [0.2, 0.25) is 0 Å². The van der Waals surface area contributed by atoms with Crippen LogP contribution < -0.4 is 0 Å². The number of hydrogen-bond acceptors (Lipinski definition) is 2. The Hall–Kier alpha value is -1.25. The van der Waals surface area contributed by atoms with Crippen LogP contribution in [0.15, 0.2) is 16.7 Å². The summed E-state index contributed by atoms with van der Waals surface area (Å²) < 4.78 is 5.21. The fraction of sp³-hybridized carbons (Fsp3) is 0.545. The molecule has 3 nitrogen and oxygen atoms in total. The summed E-state index contributed by atoms with van der Waals surface area (Å²) in [5, 5.41) is 7.82. The molecule has 1 heterocycles. The molecule has 0 aromatic carbocycles. The summed E-state index contributed by atoms with van der Waals surface area (Å²) in [6.45, 7) is 6.75. The Balaban J connectivity index is 2.62. The van der Waals surface area contributed by atoms with Gasteiger partial charge >= 0.3 is 0 Å². The van der Waals surface area contributed by atoms with Crippen LogP contribution in [0.2, 0.25) is 0 Å². The maximum Gasteiger partial charge on any atom is 0.105 e. The van der Waals surface area contributed by atoms with E-state index in [1.807, 2.05) is 38.8 Å². The van der Waals surface area contributed by atoms with E-state index in [-0.39, 0.29) is 5.92 Å². The first-order valence-corrected chi connectivity index (χ1v) is 4.85. The van der Waals surface area contributed by atoms with Crippen molar-refractivity contribution in [3.05, 3.63) is 23.7 Å². The molecule has 78 valence electrons. The van der Waals surface area contributed by atoms with Crippen molar-refractivity contribution in [1.82, 2.24) is 4.90 Å². The lowest BCUT2D eigenvalue weighted by molar-refractivity contribution is 0.457. The van der Waals surface area contributed by atoms with Crippen LogP contribution in [0.5, 0.6) is 0 Å². The van der Waals surface area contributed by atoms with E-state index in [2.05, 4.69) is 0 Å². The molecule has 1 aromatic rings. The molecule has 0 unspecified atom stereocenters. The summed E-state index contributed by atoms with van der Waals surface area (Å²) in [6, 6.07) is 1.96. The average Bonchev–Trinajstić information content (AvgIpc) is 2.50. The second-order valence-electron chi connectivity index (χ2n) is 3.90. The zero-order valence-corrected chi connectivity index (χ0v) is 9.29. The van der Waals surface area contributed by atoms with Crippen molar-refractivity contribution in [3.63, 3.8) is 0 Å². The van der Waals surface area contributed by atoms with Crippen LogP contribution in [0, 0.1) is 18.3 Å². The van der Waals surface area contributed by atoms with E-state index in [0.29, 0.717) is 5.84 Å². The van der Waals surface area contributed by atoms with Crippen LogP contribution in [-0.4, -0.2) is 17.8 Å². The third-order valence-corrected chi connectivity index (χ3v) is 2.33. The van der Waals surface area contributed by atoms with Gasteiger partial charge in [-0.1, -0.05) is 13.8 Å². The molecule has 0 atom stereocenters. The van der Waals surface area contributed by atoms with Crippen molar-refractivity contribution < 1.29 is 4.42 Å². The van der Waals surface area contributed by atoms with Gasteiger partial charge in [0.05, 0.1) is 12.1 Å². The third-order valence-electron chi connectivity index (χ3n) is 2.33. The minimum atomic E-state index is 0.271. The fourth-order valence-corrected chi connectivity index (χ4v) is 1.36. The van der Waals surface area contributed by atoms with Gasteiger partial charge in [-0.2, -0.15) is 0 Å². The largest absolute Gasteiger partial charge is 0.469 e. The number of rotatable bonds is 3. The van der Waals surface area contributed by atoms with Gasteiger partial charge in [0.1, 0.15) is 5.76 Å². The highest BCUT2D eigenvalue weighted by molar-refractivity contribution is 5.80. The second kappa shape index (κ2) is 4.31. The Bertz CT molecular complexity index is 315. The number of nitrogens with zero attached hydrogens (tertiary/aromatic N) is 1. The second-order valence-corrected chi connectivity index (χ2v) is 3.90.